The number of aromatic nitrogens is 1. The van der Waals surface area contributed by atoms with Crippen molar-refractivity contribution >= 4 is 5.84 Å². The molecule has 2 rings (SSSR count). The molecular weight excluding hydrogens is 262 g/mol. The highest BCUT2D eigenvalue weighted by molar-refractivity contribution is 5.98. The minimum atomic E-state index is -0.00180. The van der Waals surface area contributed by atoms with Gasteiger partial charge in [-0.1, -0.05) is 30.3 Å². The molecule has 0 saturated carbocycles. The third-order valence-corrected chi connectivity index (χ3v) is 3.27. The lowest BCUT2D eigenvalue weighted by atomic mass is 10.1. The molecule has 0 aliphatic heterocycles. The fraction of sp³-hybridized carbons (Fsp3) is 0.294. The number of nitrogens with one attached hydrogen (secondary N) is 1. The van der Waals surface area contributed by atoms with E-state index in [-0.39, 0.29) is 5.84 Å². The molecule has 2 aromatic rings. The highest BCUT2D eigenvalue weighted by Gasteiger charge is 2.12. The Kier molecular flexibility index (Phi) is 4.93. The summed E-state index contributed by atoms with van der Waals surface area (Å²) in [6.45, 7) is 4.35. The first-order valence-corrected chi connectivity index (χ1v) is 7.07. The molecule has 0 spiro atoms. The zero-order chi connectivity index (χ0) is 15.2. The van der Waals surface area contributed by atoms with Crippen LogP contribution in [0.1, 0.15) is 28.9 Å². The van der Waals surface area contributed by atoms with Crippen LogP contribution in [0, 0.1) is 19.3 Å². The van der Waals surface area contributed by atoms with Crippen LogP contribution in [0.25, 0.3) is 0 Å². The Labute approximate surface area is 125 Å². The largest absolute Gasteiger partial charge is 0.493 e. The van der Waals surface area contributed by atoms with Crippen LogP contribution in [-0.2, 0) is 6.42 Å². The molecule has 4 nitrogen and oxygen atoms in total. The van der Waals surface area contributed by atoms with Gasteiger partial charge in [-0.25, -0.2) is 0 Å². The summed E-state index contributed by atoms with van der Waals surface area (Å²) in [5.74, 6) is 0.652. The minimum Gasteiger partial charge on any atom is -0.493 e. The number of hydrogen-bond donors (Lipinski definition) is 2. The minimum absolute atomic E-state index is 0.00180. The Morgan fingerprint density at radius 2 is 1.95 bits per heavy atom. The van der Waals surface area contributed by atoms with E-state index < -0.39 is 0 Å². The molecule has 4 heteroatoms. The molecule has 0 amide bonds. The Bertz CT molecular complexity index is 623. The van der Waals surface area contributed by atoms with Gasteiger partial charge in [-0.3, -0.25) is 10.4 Å². The van der Waals surface area contributed by atoms with E-state index in [4.69, 9.17) is 15.9 Å². The molecule has 1 aromatic heterocycles. The first-order chi connectivity index (χ1) is 10.1. The summed E-state index contributed by atoms with van der Waals surface area (Å²) in [4.78, 5) is 4.33. The highest BCUT2D eigenvalue weighted by atomic mass is 16.5. The summed E-state index contributed by atoms with van der Waals surface area (Å²) in [6.07, 6.45) is 1.89. The predicted octanol–water partition coefficient (Wildman–Crippen LogP) is 2.99. The molecule has 0 aliphatic carbocycles. The lowest BCUT2D eigenvalue weighted by Crippen LogP contribution is -2.16. The number of pyridine rings is 1. The summed E-state index contributed by atoms with van der Waals surface area (Å²) in [5.41, 5.74) is 9.13. The van der Waals surface area contributed by atoms with Crippen LogP contribution in [-0.4, -0.2) is 17.4 Å². The lowest BCUT2D eigenvalue weighted by molar-refractivity contribution is 0.309. The van der Waals surface area contributed by atoms with Gasteiger partial charge in [-0.2, -0.15) is 0 Å². The van der Waals surface area contributed by atoms with Crippen LogP contribution in [0.3, 0.4) is 0 Å². The molecule has 21 heavy (non-hydrogen) atoms. The molecule has 3 N–H and O–H groups in total. The number of aryl methyl sites for hydroxylation is 3. The number of nitrogens with zero attached hydrogens (tertiary/aromatic N) is 1. The van der Waals surface area contributed by atoms with Gasteiger partial charge in [0.2, 0.25) is 0 Å². The van der Waals surface area contributed by atoms with E-state index in [1.165, 1.54) is 5.56 Å². The standard InChI is InChI=1S/C17H21N3O/c1-12-11-15(16(17(18)19)13(2)20-12)21-10-6-9-14-7-4-3-5-8-14/h3-5,7-8,11H,6,9-10H2,1-2H3,(H3,18,19). The predicted molar refractivity (Wildman–Crippen MR) is 85.0 cm³/mol. The molecule has 0 bridgehead atoms. The summed E-state index contributed by atoms with van der Waals surface area (Å²) in [5, 5.41) is 7.66. The first kappa shape index (κ1) is 15.0. The van der Waals surface area contributed by atoms with E-state index in [9.17, 15) is 0 Å². The normalized spacial score (nSPS) is 10.4. The number of hydrogen-bond acceptors (Lipinski definition) is 3. The van der Waals surface area contributed by atoms with Crippen LogP contribution >= 0.6 is 0 Å². The first-order valence-electron chi connectivity index (χ1n) is 7.07. The van der Waals surface area contributed by atoms with Crippen LogP contribution in [0.15, 0.2) is 36.4 Å². The molecule has 0 atom stereocenters. The van der Waals surface area contributed by atoms with E-state index in [1.54, 1.807) is 0 Å². The Morgan fingerprint density at radius 3 is 2.62 bits per heavy atom. The maximum Gasteiger partial charge on any atom is 0.133 e. The maximum absolute atomic E-state index is 7.66. The number of amidine groups is 1. The number of benzene rings is 1. The summed E-state index contributed by atoms with van der Waals surface area (Å²) in [6, 6.07) is 12.2. The molecule has 0 unspecified atom stereocenters. The maximum atomic E-state index is 7.66. The van der Waals surface area contributed by atoms with Crippen molar-refractivity contribution in [2.75, 3.05) is 6.61 Å². The molecule has 0 fully saturated rings. The van der Waals surface area contributed by atoms with E-state index in [0.29, 0.717) is 17.9 Å². The average molecular weight is 283 g/mol. The van der Waals surface area contributed by atoms with Crippen molar-refractivity contribution in [1.29, 1.82) is 5.41 Å². The Morgan fingerprint density at radius 1 is 1.24 bits per heavy atom. The summed E-state index contributed by atoms with van der Waals surface area (Å²) < 4.78 is 5.82. The summed E-state index contributed by atoms with van der Waals surface area (Å²) in [7, 11) is 0. The third-order valence-electron chi connectivity index (χ3n) is 3.27. The van der Waals surface area contributed by atoms with Crippen LogP contribution in [0.5, 0.6) is 5.75 Å². The Hall–Kier alpha value is -2.36. The van der Waals surface area contributed by atoms with Gasteiger partial charge in [0.25, 0.3) is 0 Å². The van der Waals surface area contributed by atoms with E-state index in [0.717, 1.165) is 24.2 Å². The van der Waals surface area contributed by atoms with Gasteiger partial charge < -0.3 is 10.5 Å². The van der Waals surface area contributed by atoms with Gasteiger partial charge in [-0.15, -0.1) is 0 Å². The fourth-order valence-electron chi connectivity index (χ4n) is 2.34. The second kappa shape index (κ2) is 6.88. The smallest absolute Gasteiger partial charge is 0.133 e. The Balaban J connectivity index is 1.98. The van der Waals surface area contributed by atoms with Crippen molar-refractivity contribution in [2.24, 2.45) is 5.73 Å². The third kappa shape index (κ3) is 4.05. The van der Waals surface area contributed by atoms with Crippen molar-refractivity contribution in [3.05, 3.63) is 58.9 Å². The number of rotatable bonds is 6. The van der Waals surface area contributed by atoms with Crippen LogP contribution in [0.2, 0.25) is 0 Å². The number of nitrogens with two attached hydrogens (primary N) is 1. The van der Waals surface area contributed by atoms with Gasteiger partial charge in [0, 0.05) is 11.8 Å². The molecular formula is C17H21N3O. The topological polar surface area (TPSA) is 72.0 Å². The zero-order valence-corrected chi connectivity index (χ0v) is 12.5. The van der Waals surface area contributed by atoms with Crippen molar-refractivity contribution in [3.8, 4) is 5.75 Å². The van der Waals surface area contributed by atoms with Crippen molar-refractivity contribution < 1.29 is 4.74 Å². The van der Waals surface area contributed by atoms with Crippen LogP contribution in [0.4, 0.5) is 0 Å². The highest BCUT2D eigenvalue weighted by Crippen LogP contribution is 2.22. The fourth-order valence-corrected chi connectivity index (χ4v) is 2.34. The zero-order valence-electron chi connectivity index (χ0n) is 12.5. The number of nitrogen functional groups attached to an aromatic ring is 1. The molecule has 1 aromatic carbocycles. The summed E-state index contributed by atoms with van der Waals surface area (Å²) >= 11 is 0. The van der Waals surface area contributed by atoms with E-state index in [1.807, 2.05) is 38.1 Å². The SMILES string of the molecule is Cc1cc(OCCCc2ccccc2)c(C(=N)N)c(C)n1. The van der Waals surface area contributed by atoms with E-state index in [2.05, 4.69) is 17.1 Å². The molecule has 0 radical (unpaired) electrons. The van der Waals surface area contributed by atoms with E-state index >= 15 is 0 Å². The molecule has 110 valence electrons. The van der Waals surface area contributed by atoms with Crippen molar-refractivity contribution in [3.63, 3.8) is 0 Å². The molecule has 1 heterocycles. The van der Waals surface area contributed by atoms with Crippen molar-refractivity contribution in [1.82, 2.24) is 4.98 Å². The molecule has 0 aliphatic rings. The van der Waals surface area contributed by atoms with Crippen molar-refractivity contribution in [2.45, 2.75) is 26.7 Å². The second-order valence-corrected chi connectivity index (χ2v) is 5.07. The van der Waals surface area contributed by atoms with Gasteiger partial charge in [0.05, 0.1) is 17.9 Å². The average Bonchev–Trinajstić information content (AvgIpc) is 2.43. The van der Waals surface area contributed by atoms with Gasteiger partial charge >= 0.3 is 0 Å². The lowest BCUT2D eigenvalue weighted by Gasteiger charge is -2.13. The van der Waals surface area contributed by atoms with Crippen LogP contribution < -0.4 is 10.5 Å². The van der Waals surface area contributed by atoms with Gasteiger partial charge in [0.15, 0.2) is 0 Å². The number of ether oxygens (including phenoxy) is 1. The van der Waals surface area contributed by atoms with Gasteiger partial charge in [0.1, 0.15) is 11.6 Å². The monoisotopic (exact) mass is 283 g/mol. The molecule has 0 saturated heterocycles. The second-order valence-electron chi connectivity index (χ2n) is 5.07. The van der Waals surface area contributed by atoms with Gasteiger partial charge in [-0.05, 0) is 32.3 Å². The quantitative estimate of drug-likeness (QED) is 0.486.